The molecule has 0 aromatic carbocycles. The van der Waals surface area contributed by atoms with Crippen LogP contribution in [0.3, 0.4) is 0 Å². The number of aryl methyl sites for hydroxylation is 1. The average Bonchev–Trinajstić information content (AvgIpc) is 2.50. The van der Waals surface area contributed by atoms with E-state index in [0.29, 0.717) is 5.02 Å². The fourth-order valence-corrected chi connectivity index (χ4v) is 1.78. The number of likely N-dealkylation sites (N-methyl/N-ethyl adjacent to an activating group) is 1. The van der Waals surface area contributed by atoms with Crippen molar-refractivity contribution >= 4 is 11.6 Å². The van der Waals surface area contributed by atoms with Crippen molar-refractivity contribution in [1.82, 2.24) is 15.1 Å². The third-order valence-corrected chi connectivity index (χ3v) is 2.68. The molecule has 5 heteroatoms. The van der Waals surface area contributed by atoms with Crippen LogP contribution in [0.4, 0.5) is 0 Å². The van der Waals surface area contributed by atoms with Gasteiger partial charge in [-0.1, -0.05) is 11.6 Å². The summed E-state index contributed by atoms with van der Waals surface area (Å²) in [7, 11) is 5.43. The van der Waals surface area contributed by atoms with E-state index in [2.05, 4.69) is 10.4 Å². The molecule has 1 rings (SSSR count). The molecule has 14 heavy (non-hydrogen) atoms. The van der Waals surface area contributed by atoms with Gasteiger partial charge in [-0.2, -0.15) is 5.10 Å². The maximum Gasteiger partial charge on any atom is 0.0835 e. The second kappa shape index (κ2) is 4.77. The minimum atomic E-state index is 0.0490. The molecule has 2 atom stereocenters. The lowest BCUT2D eigenvalue weighted by atomic mass is 10.1. The van der Waals surface area contributed by atoms with Crippen molar-refractivity contribution < 1.29 is 4.74 Å². The van der Waals surface area contributed by atoms with Gasteiger partial charge in [0.2, 0.25) is 0 Å². The minimum absolute atomic E-state index is 0.0490. The minimum Gasteiger partial charge on any atom is -0.380 e. The van der Waals surface area contributed by atoms with Gasteiger partial charge in [-0.15, -0.1) is 0 Å². The van der Waals surface area contributed by atoms with Crippen molar-refractivity contribution in [3.8, 4) is 0 Å². The Morgan fingerprint density at radius 3 is 2.64 bits per heavy atom. The highest BCUT2D eigenvalue weighted by atomic mass is 35.5. The molecule has 4 nitrogen and oxygen atoms in total. The van der Waals surface area contributed by atoms with Crippen molar-refractivity contribution in [3.05, 3.63) is 16.9 Å². The molecule has 80 valence electrons. The van der Waals surface area contributed by atoms with E-state index in [1.807, 2.05) is 21.0 Å². The third-order valence-electron chi connectivity index (χ3n) is 2.38. The van der Waals surface area contributed by atoms with E-state index in [4.69, 9.17) is 16.3 Å². The highest BCUT2D eigenvalue weighted by Gasteiger charge is 2.23. The Hall–Kier alpha value is -0.580. The Bertz CT molecular complexity index is 281. The van der Waals surface area contributed by atoms with E-state index >= 15 is 0 Å². The monoisotopic (exact) mass is 217 g/mol. The van der Waals surface area contributed by atoms with E-state index in [1.54, 1.807) is 18.0 Å². The number of nitrogens with one attached hydrogen (secondary N) is 1. The van der Waals surface area contributed by atoms with Crippen molar-refractivity contribution in [2.75, 3.05) is 14.2 Å². The molecule has 0 aliphatic rings. The van der Waals surface area contributed by atoms with Gasteiger partial charge >= 0.3 is 0 Å². The van der Waals surface area contributed by atoms with Gasteiger partial charge in [0, 0.05) is 14.2 Å². The second-order valence-corrected chi connectivity index (χ2v) is 3.62. The topological polar surface area (TPSA) is 39.1 Å². The highest BCUT2D eigenvalue weighted by Crippen LogP contribution is 2.25. The number of nitrogens with zero attached hydrogens (tertiary/aromatic N) is 2. The summed E-state index contributed by atoms with van der Waals surface area (Å²) in [5, 5.41) is 7.92. The van der Waals surface area contributed by atoms with Crippen molar-refractivity contribution in [2.24, 2.45) is 7.05 Å². The zero-order chi connectivity index (χ0) is 10.7. The summed E-state index contributed by atoms with van der Waals surface area (Å²) in [6, 6.07) is 0.0556. The fourth-order valence-electron chi connectivity index (χ4n) is 1.50. The first kappa shape index (κ1) is 11.5. The van der Waals surface area contributed by atoms with Crippen LogP contribution in [0.2, 0.25) is 5.02 Å². The van der Waals surface area contributed by atoms with Crippen LogP contribution in [0.15, 0.2) is 6.20 Å². The van der Waals surface area contributed by atoms with Gasteiger partial charge < -0.3 is 10.1 Å². The van der Waals surface area contributed by atoms with Crippen LogP contribution in [0, 0.1) is 0 Å². The first-order valence-electron chi connectivity index (χ1n) is 4.49. The van der Waals surface area contributed by atoms with Crippen molar-refractivity contribution in [2.45, 2.75) is 19.1 Å². The molecular formula is C9H16ClN3O. The summed E-state index contributed by atoms with van der Waals surface area (Å²) in [6.07, 6.45) is 1.69. The number of aromatic nitrogens is 2. The molecule has 1 heterocycles. The van der Waals surface area contributed by atoms with Gasteiger partial charge in [0.05, 0.1) is 29.1 Å². The Morgan fingerprint density at radius 1 is 1.64 bits per heavy atom. The van der Waals surface area contributed by atoms with E-state index in [9.17, 15) is 0 Å². The molecule has 0 radical (unpaired) electrons. The van der Waals surface area contributed by atoms with Crippen LogP contribution < -0.4 is 5.32 Å². The van der Waals surface area contributed by atoms with E-state index in [0.717, 1.165) is 5.69 Å². The molecule has 2 unspecified atom stereocenters. The van der Waals surface area contributed by atoms with Crippen molar-refractivity contribution in [3.63, 3.8) is 0 Å². The average molecular weight is 218 g/mol. The molecule has 0 spiro atoms. The van der Waals surface area contributed by atoms with E-state index in [-0.39, 0.29) is 12.1 Å². The summed E-state index contributed by atoms with van der Waals surface area (Å²) in [5.41, 5.74) is 0.948. The Morgan fingerprint density at radius 2 is 2.29 bits per heavy atom. The largest absolute Gasteiger partial charge is 0.380 e. The van der Waals surface area contributed by atoms with Crippen LogP contribution in [0.5, 0.6) is 0 Å². The summed E-state index contributed by atoms with van der Waals surface area (Å²) in [6.45, 7) is 1.99. The summed E-state index contributed by atoms with van der Waals surface area (Å²) < 4.78 is 7.04. The van der Waals surface area contributed by atoms with E-state index in [1.165, 1.54) is 0 Å². The predicted molar refractivity (Wildman–Crippen MR) is 56.5 cm³/mol. The van der Waals surface area contributed by atoms with Gasteiger partial charge in [0.25, 0.3) is 0 Å². The maximum atomic E-state index is 6.04. The van der Waals surface area contributed by atoms with Gasteiger partial charge in [0.15, 0.2) is 0 Å². The first-order valence-corrected chi connectivity index (χ1v) is 4.87. The normalized spacial score (nSPS) is 15.5. The van der Waals surface area contributed by atoms with E-state index < -0.39 is 0 Å². The first-order chi connectivity index (χ1) is 6.61. The van der Waals surface area contributed by atoms with Crippen molar-refractivity contribution in [1.29, 1.82) is 0 Å². The van der Waals surface area contributed by atoms with Gasteiger partial charge in [-0.05, 0) is 14.0 Å². The molecule has 0 saturated carbocycles. The smallest absolute Gasteiger partial charge is 0.0835 e. The number of methoxy groups -OCH3 is 1. The molecule has 1 N–H and O–H groups in total. The van der Waals surface area contributed by atoms with Gasteiger partial charge in [-0.3, -0.25) is 4.68 Å². The number of hydrogen-bond donors (Lipinski definition) is 1. The lowest BCUT2D eigenvalue weighted by Gasteiger charge is -2.22. The third kappa shape index (κ3) is 2.08. The summed E-state index contributed by atoms with van der Waals surface area (Å²) in [4.78, 5) is 0. The SMILES string of the molecule is CNC(c1c(Cl)cnn1C)C(C)OC. The number of halogens is 1. The molecule has 0 aliphatic heterocycles. The zero-order valence-corrected chi connectivity index (χ0v) is 9.67. The predicted octanol–water partition coefficient (Wildman–Crippen LogP) is 1.37. The fraction of sp³-hybridized carbons (Fsp3) is 0.667. The van der Waals surface area contributed by atoms with Crippen LogP contribution in [0.25, 0.3) is 0 Å². The molecule has 0 saturated heterocycles. The molecule has 0 fully saturated rings. The lowest BCUT2D eigenvalue weighted by molar-refractivity contribution is 0.0831. The van der Waals surface area contributed by atoms with Crippen LogP contribution in [0.1, 0.15) is 18.7 Å². The summed E-state index contributed by atoms with van der Waals surface area (Å²) in [5.74, 6) is 0. The number of hydrogen-bond acceptors (Lipinski definition) is 3. The maximum absolute atomic E-state index is 6.04. The Kier molecular flexibility index (Phi) is 3.92. The van der Waals surface area contributed by atoms with Gasteiger partial charge in [0.1, 0.15) is 0 Å². The Labute approximate surface area is 89.2 Å². The molecule has 0 amide bonds. The van der Waals surface area contributed by atoms with Crippen LogP contribution in [-0.4, -0.2) is 30.0 Å². The molecule has 1 aromatic rings. The Balaban J connectivity index is 2.99. The zero-order valence-electron chi connectivity index (χ0n) is 8.91. The molecular weight excluding hydrogens is 202 g/mol. The van der Waals surface area contributed by atoms with Crippen LogP contribution >= 0.6 is 11.6 Å². The standard InChI is InChI=1S/C9H16ClN3O/c1-6(14-4)8(11-2)9-7(10)5-12-13(9)3/h5-6,8,11H,1-4H3. The highest BCUT2D eigenvalue weighted by molar-refractivity contribution is 6.31. The quantitative estimate of drug-likeness (QED) is 0.828. The van der Waals surface area contributed by atoms with Gasteiger partial charge in [-0.25, -0.2) is 0 Å². The second-order valence-electron chi connectivity index (χ2n) is 3.21. The molecule has 0 bridgehead atoms. The summed E-state index contributed by atoms with van der Waals surface area (Å²) >= 11 is 6.04. The van der Waals surface area contributed by atoms with Crippen LogP contribution in [-0.2, 0) is 11.8 Å². The lowest BCUT2D eigenvalue weighted by Crippen LogP contribution is -2.30. The number of ether oxygens (including phenoxy) is 1. The molecule has 1 aromatic heterocycles. The molecule has 0 aliphatic carbocycles. The number of rotatable bonds is 4.